The zero-order valence-corrected chi connectivity index (χ0v) is 23.0. The van der Waals surface area contributed by atoms with Crippen LogP contribution in [0.15, 0.2) is 47.6 Å². The van der Waals surface area contributed by atoms with Gasteiger partial charge in [-0.1, -0.05) is 12.1 Å². The fourth-order valence-electron chi connectivity index (χ4n) is 3.32. The Morgan fingerprint density at radius 1 is 0.864 bits per heavy atom. The largest absolute Gasteiger partial charge is 0.493 e. The number of hydrogen-bond acceptors (Lipinski definition) is 6. The first kappa shape index (κ1) is 36.1. The van der Waals surface area contributed by atoms with Crippen LogP contribution < -0.4 is 14.8 Å². The van der Waals surface area contributed by atoms with E-state index in [9.17, 15) is 58.3 Å². The van der Waals surface area contributed by atoms with E-state index in [2.05, 4.69) is 16.7 Å². The Morgan fingerprint density at radius 3 is 1.95 bits per heavy atom. The fraction of sp³-hybridized carbons (Fsp3) is 0.360. The Kier molecular flexibility index (Phi) is 11.2. The Morgan fingerprint density at radius 2 is 1.45 bits per heavy atom. The van der Waals surface area contributed by atoms with Gasteiger partial charge in [0.05, 0.1) is 26.5 Å². The van der Waals surface area contributed by atoms with E-state index in [0.29, 0.717) is 34.8 Å². The lowest BCUT2D eigenvalue weighted by Crippen LogP contribution is -2.47. The lowest BCUT2D eigenvalue weighted by Gasteiger charge is -2.24. The van der Waals surface area contributed by atoms with Gasteiger partial charge < -0.3 is 14.8 Å². The first-order valence-corrected chi connectivity index (χ1v) is 12.1. The Labute approximate surface area is 246 Å². The van der Waals surface area contributed by atoms with Crippen molar-refractivity contribution in [3.63, 3.8) is 0 Å². The van der Waals surface area contributed by atoms with Gasteiger partial charge in [-0.05, 0) is 47.5 Å². The summed E-state index contributed by atoms with van der Waals surface area (Å²) in [5, 5.41) is 4.38. The van der Waals surface area contributed by atoms with E-state index < -0.39 is 35.3 Å². The highest BCUT2D eigenvalue weighted by Crippen LogP contribution is 2.37. The van der Waals surface area contributed by atoms with Crippen molar-refractivity contribution in [3.8, 4) is 11.5 Å². The topological polar surface area (TPSA) is 97.3 Å². The molecule has 1 aliphatic rings. The molecule has 0 saturated carbocycles. The minimum Gasteiger partial charge on any atom is -0.493 e. The van der Waals surface area contributed by atoms with E-state index in [1.807, 2.05) is 0 Å². The third kappa shape index (κ3) is 8.51. The molecule has 2 aromatic rings. The summed E-state index contributed by atoms with van der Waals surface area (Å²) in [5.41, 5.74) is 1.37. The maximum absolute atomic E-state index is 13.2. The summed E-state index contributed by atoms with van der Waals surface area (Å²) in [6.07, 6.45) is -11.4. The molecule has 1 aliphatic heterocycles. The van der Waals surface area contributed by atoms with Crippen LogP contribution in [0.5, 0.6) is 11.5 Å². The van der Waals surface area contributed by atoms with Gasteiger partial charge in [-0.15, -0.1) is 0 Å². The van der Waals surface area contributed by atoms with Gasteiger partial charge in [-0.3, -0.25) is 14.4 Å². The number of carbonyl (C=O) groups excluding carboxylic acids is 3. The monoisotopic (exact) mass is 667 g/mol. The number of hydrazone groups is 1. The number of nitrogens with zero attached hydrogens (tertiary/aromatic N) is 2. The molecule has 0 bridgehead atoms. The SMILES string of the molecule is COc1ccc(C2=NN(Cc3cccc(NC(=O)C(F)(F)C(F)(F)F)c3)C(=O)CC2)cc1OC.O=C(Cl)C(F)(F)C(F)(F)F. The van der Waals surface area contributed by atoms with Crippen LogP contribution in [0.25, 0.3) is 0 Å². The van der Waals surface area contributed by atoms with Crippen LogP contribution in [-0.2, 0) is 20.9 Å². The summed E-state index contributed by atoms with van der Waals surface area (Å²) >= 11 is 3.95. The van der Waals surface area contributed by atoms with Crippen LogP contribution in [0, 0.1) is 0 Å². The van der Waals surface area contributed by atoms with Crippen LogP contribution >= 0.6 is 11.6 Å². The van der Waals surface area contributed by atoms with E-state index in [0.717, 1.165) is 6.07 Å². The Balaban J connectivity index is 0.000000580. The summed E-state index contributed by atoms with van der Waals surface area (Å²) in [4.78, 5) is 33.2. The average Bonchev–Trinajstić information content (AvgIpc) is 2.93. The van der Waals surface area contributed by atoms with Gasteiger partial charge >= 0.3 is 35.3 Å². The van der Waals surface area contributed by atoms with E-state index in [-0.39, 0.29) is 24.6 Å². The third-order valence-corrected chi connectivity index (χ3v) is 5.82. The number of anilines is 1. The lowest BCUT2D eigenvalue weighted by molar-refractivity contribution is -0.267. The number of benzene rings is 2. The van der Waals surface area contributed by atoms with E-state index in [4.69, 9.17) is 9.47 Å². The van der Waals surface area contributed by atoms with Crippen molar-refractivity contribution in [2.75, 3.05) is 19.5 Å². The quantitative estimate of drug-likeness (QED) is 0.263. The maximum atomic E-state index is 13.2. The predicted molar refractivity (Wildman–Crippen MR) is 134 cm³/mol. The van der Waals surface area contributed by atoms with Crippen LogP contribution in [0.4, 0.5) is 49.6 Å². The molecule has 8 nitrogen and oxygen atoms in total. The van der Waals surface area contributed by atoms with E-state index in [1.165, 1.54) is 37.4 Å². The zero-order valence-electron chi connectivity index (χ0n) is 22.3. The van der Waals surface area contributed by atoms with E-state index >= 15 is 0 Å². The molecule has 242 valence electrons. The first-order valence-electron chi connectivity index (χ1n) is 11.7. The van der Waals surface area contributed by atoms with Crippen molar-refractivity contribution in [3.05, 3.63) is 53.6 Å². The normalized spacial score (nSPS) is 14.2. The summed E-state index contributed by atoms with van der Waals surface area (Å²) in [5.74, 6) is -12.8. The number of amides is 2. The second kappa shape index (κ2) is 13.7. The molecule has 0 fully saturated rings. The van der Waals surface area contributed by atoms with Gasteiger partial charge in [0, 0.05) is 24.1 Å². The highest BCUT2D eigenvalue weighted by Gasteiger charge is 2.64. The molecule has 44 heavy (non-hydrogen) atoms. The molecule has 0 atom stereocenters. The van der Waals surface area contributed by atoms with Crippen molar-refractivity contribution in [1.82, 2.24) is 5.01 Å². The molecule has 3 rings (SSSR count). The number of alkyl halides is 10. The molecule has 0 saturated heterocycles. The summed E-state index contributed by atoms with van der Waals surface area (Å²) in [7, 11) is 2.98. The van der Waals surface area contributed by atoms with Gasteiger partial charge in [-0.25, -0.2) is 5.01 Å². The Bertz CT molecular complexity index is 1410. The standard InChI is InChI=1S/C22H20F5N3O4.C3ClF5O/c1-33-17-8-6-14(11-18(17)34-2)16-7-9-19(31)30(29-16)12-13-4-3-5-15(10-13)28-20(32)21(23,24)22(25,26)27;4-1(10)2(5,6)3(7,8)9/h3-6,8,10-11H,7,9,12H2,1-2H3,(H,28,32);. The molecule has 0 spiro atoms. The molecule has 2 aromatic carbocycles. The van der Waals surface area contributed by atoms with Crippen LogP contribution in [0.3, 0.4) is 0 Å². The molecule has 0 aromatic heterocycles. The van der Waals surface area contributed by atoms with Gasteiger partial charge in [0.1, 0.15) is 0 Å². The zero-order chi connectivity index (χ0) is 33.7. The van der Waals surface area contributed by atoms with E-state index in [1.54, 1.807) is 23.5 Å². The Hall–Kier alpha value is -4.09. The van der Waals surface area contributed by atoms with Crippen LogP contribution in [-0.4, -0.2) is 66.2 Å². The minimum atomic E-state index is -6.02. The predicted octanol–water partition coefficient (Wildman–Crippen LogP) is 6.32. The lowest BCUT2D eigenvalue weighted by atomic mass is 10.0. The third-order valence-electron chi connectivity index (χ3n) is 5.58. The first-order chi connectivity index (χ1) is 20.1. The van der Waals surface area contributed by atoms with Gasteiger partial charge in [0.15, 0.2) is 11.5 Å². The number of nitrogens with one attached hydrogen (secondary N) is 1. The van der Waals surface area contributed by atoms with Gasteiger partial charge in [-0.2, -0.15) is 49.0 Å². The van der Waals surface area contributed by atoms with Crippen molar-refractivity contribution >= 4 is 40.1 Å². The molecule has 1 heterocycles. The second-order valence-corrected chi connectivity index (χ2v) is 8.98. The molecule has 0 unspecified atom stereocenters. The van der Waals surface area contributed by atoms with Gasteiger partial charge in [0.2, 0.25) is 5.91 Å². The molecule has 19 heteroatoms. The highest BCUT2D eigenvalue weighted by molar-refractivity contribution is 6.65. The molecular formula is C25H20ClF10N3O5. The van der Waals surface area contributed by atoms with Crippen molar-refractivity contribution in [2.24, 2.45) is 5.10 Å². The highest BCUT2D eigenvalue weighted by atomic mass is 35.5. The molecule has 1 N–H and O–H groups in total. The van der Waals surface area contributed by atoms with Crippen molar-refractivity contribution in [1.29, 1.82) is 0 Å². The summed E-state index contributed by atoms with van der Waals surface area (Å²) < 4.78 is 130. The number of methoxy groups -OCH3 is 2. The number of ether oxygens (including phenoxy) is 2. The molecular weight excluding hydrogens is 648 g/mol. The minimum absolute atomic E-state index is 0.0883. The summed E-state index contributed by atoms with van der Waals surface area (Å²) in [6.45, 7) is -0.0883. The second-order valence-electron chi connectivity index (χ2n) is 8.64. The number of halogens is 11. The number of hydrogen-bond donors (Lipinski definition) is 1. The molecule has 2 amide bonds. The van der Waals surface area contributed by atoms with Crippen LogP contribution in [0.2, 0.25) is 0 Å². The van der Waals surface area contributed by atoms with Crippen LogP contribution in [0.1, 0.15) is 24.0 Å². The smallest absolute Gasteiger partial charge is 0.463 e. The number of carbonyl (C=O) groups is 3. The average molecular weight is 668 g/mol. The molecule has 0 aliphatic carbocycles. The van der Waals surface area contributed by atoms with Crippen molar-refractivity contribution in [2.45, 2.75) is 43.6 Å². The van der Waals surface area contributed by atoms with Crippen molar-refractivity contribution < 1.29 is 67.8 Å². The maximum Gasteiger partial charge on any atom is 0.463 e. The van der Waals surface area contributed by atoms with Gasteiger partial charge in [0.25, 0.3) is 0 Å². The summed E-state index contributed by atoms with van der Waals surface area (Å²) in [6, 6.07) is 10.4. The fourth-order valence-corrected chi connectivity index (χ4v) is 3.42. The molecule has 0 radical (unpaired) electrons. The number of rotatable bonds is 8.